The highest BCUT2D eigenvalue weighted by Crippen LogP contribution is 2.45. The second-order valence-corrected chi connectivity index (χ2v) is 31.1. The van der Waals surface area contributed by atoms with E-state index in [1.54, 1.807) is 0 Å². The Kier molecular flexibility index (Phi) is 61.3. The van der Waals surface area contributed by atoms with Gasteiger partial charge in [-0.25, -0.2) is 9.13 Å². The largest absolute Gasteiger partial charge is 0.472 e. The molecule has 0 radical (unpaired) electrons. The Morgan fingerprint density at radius 3 is 0.674 bits per heavy atom. The molecule has 0 aliphatic rings. The quantitative estimate of drug-likeness (QED) is 0.0222. The predicted octanol–water partition coefficient (Wildman–Crippen LogP) is 20.9. The fraction of sp³-hybridized carbons (Fsp3) is 0.945. The summed E-state index contributed by atoms with van der Waals surface area (Å²) < 4.78 is 68.4. The zero-order valence-corrected chi connectivity index (χ0v) is 62.0. The van der Waals surface area contributed by atoms with Crippen molar-refractivity contribution in [1.82, 2.24) is 0 Å². The van der Waals surface area contributed by atoms with Crippen LogP contribution < -0.4 is 0 Å². The Hall–Kier alpha value is -1.94. The number of hydrogen-bond donors (Lipinski definition) is 3. The van der Waals surface area contributed by atoms with Crippen LogP contribution in [0.2, 0.25) is 0 Å². The standard InChI is InChI=1S/C73H142O17P2/c1-63(2)49-41-33-25-17-14-12-10-9-11-13-15-19-29-37-45-53-70(75)83-59-69(90-73(78)56-48-40-32-24-22-28-36-44-52-66(7)8)62-88-92(81,82)86-58-67(74)57-85-91(79,80)87-61-68(60-84-71(76)54-46-38-30-23-21-27-35-43-51-65(5)6)89-72(77)55-47-39-31-20-16-18-26-34-42-50-64(3)4/h63-69,74H,9-62H2,1-8H3,(H,79,80)(H,81,82)/t67?,68-,69-/m1/s1. The number of aliphatic hydroxyl groups is 1. The topological polar surface area (TPSA) is 237 Å². The van der Waals surface area contributed by atoms with Gasteiger partial charge in [0.15, 0.2) is 12.2 Å². The molecule has 3 unspecified atom stereocenters. The Labute approximate surface area is 562 Å². The number of aliphatic hydroxyl groups excluding tert-OH is 1. The van der Waals surface area contributed by atoms with Gasteiger partial charge in [0.2, 0.25) is 0 Å². The van der Waals surface area contributed by atoms with Crippen LogP contribution in [0.1, 0.15) is 364 Å². The molecule has 0 aliphatic heterocycles. The molecule has 0 rings (SSSR count). The minimum absolute atomic E-state index is 0.104. The van der Waals surface area contributed by atoms with Crippen LogP contribution in [-0.4, -0.2) is 96.7 Å². The second-order valence-electron chi connectivity index (χ2n) is 28.2. The van der Waals surface area contributed by atoms with Crippen LogP contribution >= 0.6 is 15.6 Å². The average Bonchev–Trinajstić information content (AvgIpc) is 1.88. The van der Waals surface area contributed by atoms with Gasteiger partial charge in [0.05, 0.1) is 26.4 Å². The van der Waals surface area contributed by atoms with Gasteiger partial charge in [0.1, 0.15) is 19.3 Å². The van der Waals surface area contributed by atoms with Crippen LogP contribution in [0.25, 0.3) is 0 Å². The van der Waals surface area contributed by atoms with E-state index in [9.17, 15) is 43.2 Å². The molecule has 0 saturated carbocycles. The maximum Gasteiger partial charge on any atom is 0.472 e. The lowest BCUT2D eigenvalue weighted by Gasteiger charge is -2.21. The summed E-state index contributed by atoms with van der Waals surface area (Å²) in [5.74, 6) is 0.860. The molecule has 546 valence electrons. The molecule has 0 bridgehead atoms. The van der Waals surface area contributed by atoms with Crippen LogP contribution in [0.4, 0.5) is 0 Å². The molecule has 92 heavy (non-hydrogen) atoms. The Morgan fingerprint density at radius 1 is 0.272 bits per heavy atom. The van der Waals surface area contributed by atoms with Gasteiger partial charge in [-0.3, -0.25) is 37.3 Å². The van der Waals surface area contributed by atoms with Gasteiger partial charge in [0, 0.05) is 25.7 Å². The van der Waals surface area contributed by atoms with Crippen molar-refractivity contribution in [2.24, 2.45) is 23.7 Å². The zero-order valence-electron chi connectivity index (χ0n) is 60.2. The maximum atomic E-state index is 13.0. The van der Waals surface area contributed by atoms with Gasteiger partial charge in [-0.2, -0.15) is 0 Å². The molecule has 3 N–H and O–H groups in total. The van der Waals surface area contributed by atoms with E-state index in [4.69, 9.17) is 37.0 Å². The summed E-state index contributed by atoms with van der Waals surface area (Å²) in [5.41, 5.74) is 0. The highest BCUT2D eigenvalue weighted by molar-refractivity contribution is 7.47. The first-order valence-corrected chi connectivity index (χ1v) is 40.7. The van der Waals surface area contributed by atoms with Gasteiger partial charge in [0.25, 0.3) is 0 Å². The minimum Gasteiger partial charge on any atom is -0.462 e. The van der Waals surface area contributed by atoms with E-state index < -0.39 is 97.5 Å². The van der Waals surface area contributed by atoms with E-state index in [1.165, 1.54) is 167 Å². The van der Waals surface area contributed by atoms with Crippen LogP contribution in [0.15, 0.2) is 0 Å². The van der Waals surface area contributed by atoms with Crippen molar-refractivity contribution in [2.75, 3.05) is 39.6 Å². The third-order valence-corrected chi connectivity index (χ3v) is 18.7. The first-order chi connectivity index (χ1) is 44.1. The Balaban J connectivity index is 5.21. The number of rotatable bonds is 70. The van der Waals surface area contributed by atoms with Gasteiger partial charge in [-0.05, 0) is 49.4 Å². The number of phosphoric acid groups is 2. The number of unbranched alkanes of at least 4 members (excludes halogenated alkanes) is 36. The Morgan fingerprint density at radius 2 is 0.457 bits per heavy atom. The number of phosphoric ester groups is 2. The van der Waals surface area contributed by atoms with Crippen LogP contribution in [-0.2, 0) is 65.4 Å². The molecule has 0 heterocycles. The summed E-state index contributed by atoms with van der Waals surface area (Å²) in [6.07, 6.45) is 46.0. The fourth-order valence-electron chi connectivity index (χ4n) is 11.0. The highest BCUT2D eigenvalue weighted by atomic mass is 31.2. The summed E-state index contributed by atoms with van der Waals surface area (Å²) in [6, 6.07) is 0. The maximum absolute atomic E-state index is 13.0. The zero-order chi connectivity index (χ0) is 68.2. The minimum atomic E-state index is -4.95. The average molecular weight is 1350 g/mol. The predicted molar refractivity (Wildman–Crippen MR) is 372 cm³/mol. The molecule has 17 nitrogen and oxygen atoms in total. The molecule has 5 atom stereocenters. The highest BCUT2D eigenvalue weighted by Gasteiger charge is 2.30. The smallest absolute Gasteiger partial charge is 0.462 e. The summed E-state index contributed by atoms with van der Waals surface area (Å²) in [5, 5.41) is 10.6. The van der Waals surface area contributed by atoms with Crippen molar-refractivity contribution in [3.8, 4) is 0 Å². The lowest BCUT2D eigenvalue weighted by Crippen LogP contribution is -2.30. The van der Waals surface area contributed by atoms with Crippen LogP contribution in [0, 0.1) is 23.7 Å². The summed E-state index contributed by atoms with van der Waals surface area (Å²) in [6.45, 7) is 14.1. The van der Waals surface area contributed by atoms with Gasteiger partial charge >= 0.3 is 39.5 Å². The molecule has 0 aromatic carbocycles. The lowest BCUT2D eigenvalue weighted by atomic mass is 10.0. The van der Waals surface area contributed by atoms with E-state index in [1.807, 2.05) is 0 Å². The van der Waals surface area contributed by atoms with E-state index in [-0.39, 0.29) is 25.7 Å². The first-order valence-electron chi connectivity index (χ1n) is 37.7. The summed E-state index contributed by atoms with van der Waals surface area (Å²) in [4.78, 5) is 72.6. The molecule has 0 aromatic heterocycles. The normalized spacial score (nSPS) is 14.2. The number of hydrogen-bond acceptors (Lipinski definition) is 15. The van der Waals surface area contributed by atoms with E-state index in [2.05, 4.69) is 55.4 Å². The molecule has 0 fully saturated rings. The molecule has 19 heteroatoms. The summed E-state index contributed by atoms with van der Waals surface area (Å²) >= 11 is 0. The molecule has 0 aromatic rings. The monoisotopic (exact) mass is 1350 g/mol. The van der Waals surface area contributed by atoms with Gasteiger partial charge in [-0.15, -0.1) is 0 Å². The van der Waals surface area contributed by atoms with Crippen molar-refractivity contribution in [3.05, 3.63) is 0 Å². The number of carbonyl (C=O) groups excluding carboxylic acids is 4. The number of carbonyl (C=O) groups is 4. The summed E-state index contributed by atoms with van der Waals surface area (Å²) in [7, 11) is -9.91. The third kappa shape index (κ3) is 66.7. The van der Waals surface area contributed by atoms with Crippen molar-refractivity contribution in [1.29, 1.82) is 0 Å². The van der Waals surface area contributed by atoms with Crippen LogP contribution in [0.5, 0.6) is 0 Å². The van der Waals surface area contributed by atoms with Gasteiger partial charge in [-0.1, -0.05) is 312 Å². The number of esters is 4. The van der Waals surface area contributed by atoms with Crippen molar-refractivity contribution >= 4 is 39.5 Å². The van der Waals surface area contributed by atoms with Crippen molar-refractivity contribution < 1.29 is 80.2 Å². The van der Waals surface area contributed by atoms with Crippen molar-refractivity contribution in [3.63, 3.8) is 0 Å². The van der Waals surface area contributed by atoms with E-state index >= 15 is 0 Å². The SMILES string of the molecule is CC(C)CCCCCCCCCCCCCCCCCC(=O)OC[C@H](COP(=O)(O)OCC(O)COP(=O)(O)OC[C@@H](COC(=O)CCCCCCCCCCC(C)C)OC(=O)CCCCCCCCCCCC(C)C)OC(=O)CCCCCCCCCCC(C)C. The Bertz CT molecular complexity index is 1820. The number of ether oxygens (including phenoxy) is 4. The third-order valence-electron chi connectivity index (χ3n) is 16.8. The molecule has 0 spiro atoms. The van der Waals surface area contributed by atoms with Crippen molar-refractivity contribution in [2.45, 2.75) is 382 Å². The van der Waals surface area contributed by atoms with Crippen LogP contribution in [0.3, 0.4) is 0 Å². The molecule has 0 aliphatic carbocycles. The second kappa shape index (κ2) is 62.6. The van der Waals surface area contributed by atoms with Gasteiger partial charge < -0.3 is 33.8 Å². The first kappa shape index (κ1) is 90.1. The van der Waals surface area contributed by atoms with E-state index in [0.29, 0.717) is 25.7 Å². The fourth-order valence-corrected chi connectivity index (χ4v) is 12.6. The molecule has 0 amide bonds. The van der Waals surface area contributed by atoms with E-state index in [0.717, 1.165) is 114 Å². The lowest BCUT2D eigenvalue weighted by molar-refractivity contribution is -0.161. The molecular formula is C73H142O17P2. The molecular weight excluding hydrogens is 1210 g/mol. The molecule has 0 saturated heterocycles.